The molecule has 1 atom stereocenters. The van der Waals surface area contributed by atoms with Crippen molar-refractivity contribution in [1.82, 2.24) is 5.32 Å². The number of piperidine rings is 1. The Morgan fingerprint density at radius 3 is 2.71 bits per heavy atom. The molecule has 2 rings (SSSR count). The summed E-state index contributed by atoms with van der Waals surface area (Å²) in [6, 6.07) is 5.74. The summed E-state index contributed by atoms with van der Waals surface area (Å²) in [6.07, 6.45) is 3.68. The number of benzene rings is 1. The lowest BCUT2D eigenvalue weighted by molar-refractivity contribution is -0.119. The van der Waals surface area contributed by atoms with Crippen molar-refractivity contribution in [1.29, 1.82) is 0 Å². The third-order valence-electron chi connectivity index (χ3n) is 3.87. The van der Waals surface area contributed by atoms with E-state index in [-0.39, 0.29) is 11.8 Å². The van der Waals surface area contributed by atoms with Gasteiger partial charge in [0.05, 0.1) is 11.4 Å². The van der Waals surface area contributed by atoms with Gasteiger partial charge in [0.15, 0.2) is 0 Å². The maximum Gasteiger partial charge on any atom is 0.228 e. The molecule has 1 aliphatic rings. The molecule has 1 heterocycles. The number of halogens is 1. The van der Waals surface area contributed by atoms with Crippen molar-refractivity contribution in [3.8, 4) is 0 Å². The van der Waals surface area contributed by atoms with E-state index in [4.69, 9.17) is 11.6 Å². The largest absolute Gasteiger partial charge is 0.370 e. The fraction of sp³-hybridized carbons (Fsp3) is 0.562. The Labute approximate surface area is 131 Å². The van der Waals surface area contributed by atoms with Gasteiger partial charge in [-0.05, 0) is 44.5 Å². The lowest BCUT2D eigenvalue weighted by Crippen LogP contribution is -2.32. The summed E-state index contributed by atoms with van der Waals surface area (Å²) in [5, 5.41) is 6.70. The zero-order valence-electron chi connectivity index (χ0n) is 12.8. The summed E-state index contributed by atoms with van der Waals surface area (Å²) >= 11 is 6.10. The SMILES string of the molecule is CNCC(C)C(=O)Nc1cc(Cl)ccc1N1CCCCC1. The second kappa shape index (κ2) is 7.66. The molecule has 1 amide bonds. The van der Waals surface area contributed by atoms with Gasteiger partial charge in [-0.15, -0.1) is 0 Å². The normalized spacial score (nSPS) is 16.6. The maximum absolute atomic E-state index is 12.2. The van der Waals surface area contributed by atoms with Gasteiger partial charge in [0.2, 0.25) is 5.91 Å². The second-order valence-corrected chi connectivity index (χ2v) is 6.09. The van der Waals surface area contributed by atoms with E-state index in [1.807, 2.05) is 32.2 Å². The predicted octanol–water partition coefficient (Wildman–Crippen LogP) is 3.12. The molecular weight excluding hydrogens is 286 g/mol. The Kier molecular flexibility index (Phi) is 5.88. The van der Waals surface area contributed by atoms with Crippen molar-refractivity contribution in [3.63, 3.8) is 0 Å². The first-order valence-electron chi connectivity index (χ1n) is 7.62. The molecule has 1 saturated heterocycles. The van der Waals surface area contributed by atoms with Crippen LogP contribution in [0.15, 0.2) is 18.2 Å². The van der Waals surface area contributed by atoms with Gasteiger partial charge in [0.1, 0.15) is 0 Å². The van der Waals surface area contributed by atoms with Crippen LogP contribution >= 0.6 is 11.6 Å². The van der Waals surface area contributed by atoms with Crippen LogP contribution in [0.2, 0.25) is 5.02 Å². The summed E-state index contributed by atoms with van der Waals surface area (Å²) in [4.78, 5) is 14.6. The highest BCUT2D eigenvalue weighted by Crippen LogP contribution is 2.31. The summed E-state index contributed by atoms with van der Waals surface area (Å²) in [7, 11) is 1.85. The summed E-state index contributed by atoms with van der Waals surface area (Å²) in [5.41, 5.74) is 1.89. The number of carbonyl (C=O) groups excluding carboxylic acids is 1. The molecule has 21 heavy (non-hydrogen) atoms. The van der Waals surface area contributed by atoms with E-state index in [1.165, 1.54) is 19.3 Å². The van der Waals surface area contributed by atoms with Gasteiger partial charge in [-0.25, -0.2) is 0 Å². The molecule has 1 fully saturated rings. The maximum atomic E-state index is 12.2. The minimum atomic E-state index is -0.0804. The molecule has 2 N–H and O–H groups in total. The smallest absolute Gasteiger partial charge is 0.228 e. The average Bonchev–Trinajstić information content (AvgIpc) is 2.48. The van der Waals surface area contributed by atoms with Gasteiger partial charge >= 0.3 is 0 Å². The van der Waals surface area contributed by atoms with Crippen LogP contribution in [0.25, 0.3) is 0 Å². The number of hydrogen-bond donors (Lipinski definition) is 2. The molecule has 0 spiro atoms. The minimum absolute atomic E-state index is 0.0184. The van der Waals surface area contributed by atoms with Gasteiger partial charge in [-0.3, -0.25) is 4.79 Å². The standard InChI is InChI=1S/C16H24ClN3O/c1-12(11-18-2)16(21)19-14-10-13(17)6-7-15(14)20-8-4-3-5-9-20/h6-7,10,12,18H,3-5,8-9,11H2,1-2H3,(H,19,21). The predicted molar refractivity (Wildman–Crippen MR) is 89.2 cm³/mol. The van der Waals surface area contributed by atoms with E-state index < -0.39 is 0 Å². The zero-order chi connectivity index (χ0) is 15.2. The second-order valence-electron chi connectivity index (χ2n) is 5.66. The van der Waals surface area contributed by atoms with Crippen LogP contribution in [-0.2, 0) is 4.79 Å². The van der Waals surface area contributed by atoms with Crippen molar-refractivity contribution in [2.45, 2.75) is 26.2 Å². The quantitative estimate of drug-likeness (QED) is 0.878. The summed E-state index contributed by atoms with van der Waals surface area (Å²) in [5.74, 6) is -0.0620. The van der Waals surface area contributed by atoms with Crippen molar-refractivity contribution >= 4 is 28.9 Å². The summed E-state index contributed by atoms with van der Waals surface area (Å²) in [6.45, 7) is 4.65. The van der Waals surface area contributed by atoms with E-state index >= 15 is 0 Å². The van der Waals surface area contributed by atoms with Gasteiger partial charge in [-0.1, -0.05) is 18.5 Å². The first-order valence-corrected chi connectivity index (χ1v) is 7.99. The number of anilines is 2. The van der Waals surface area contributed by atoms with Gasteiger partial charge < -0.3 is 15.5 Å². The van der Waals surface area contributed by atoms with Crippen molar-refractivity contribution in [2.24, 2.45) is 5.92 Å². The Morgan fingerprint density at radius 2 is 2.05 bits per heavy atom. The number of nitrogens with zero attached hydrogens (tertiary/aromatic N) is 1. The van der Waals surface area contributed by atoms with Crippen LogP contribution in [0, 0.1) is 5.92 Å². The first-order chi connectivity index (χ1) is 10.1. The molecule has 0 saturated carbocycles. The highest BCUT2D eigenvalue weighted by molar-refractivity contribution is 6.31. The van der Waals surface area contributed by atoms with E-state index in [1.54, 1.807) is 0 Å². The highest BCUT2D eigenvalue weighted by Gasteiger charge is 2.18. The Hall–Kier alpha value is -1.26. The lowest BCUT2D eigenvalue weighted by Gasteiger charge is -2.31. The van der Waals surface area contributed by atoms with Crippen molar-refractivity contribution < 1.29 is 4.79 Å². The highest BCUT2D eigenvalue weighted by atomic mass is 35.5. The van der Waals surface area contributed by atoms with Crippen LogP contribution in [-0.4, -0.2) is 32.6 Å². The summed E-state index contributed by atoms with van der Waals surface area (Å²) < 4.78 is 0. The average molecular weight is 310 g/mol. The topological polar surface area (TPSA) is 44.4 Å². The van der Waals surface area contributed by atoms with Crippen LogP contribution in [0.4, 0.5) is 11.4 Å². The zero-order valence-corrected chi connectivity index (χ0v) is 13.5. The number of nitrogens with one attached hydrogen (secondary N) is 2. The van der Waals surface area contributed by atoms with Crippen LogP contribution < -0.4 is 15.5 Å². The van der Waals surface area contributed by atoms with E-state index in [2.05, 4.69) is 15.5 Å². The van der Waals surface area contributed by atoms with E-state index in [9.17, 15) is 4.79 Å². The van der Waals surface area contributed by atoms with Crippen molar-refractivity contribution in [2.75, 3.05) is 36.9 Å². The molecule has 0 aromatic heterocycles. The van der Waals surface area contributed by atoms with Gasteiger partial charge in [-0.2, -0.15) is 0 Å². The van der Waals surface area contributed by atoms with Gasteiger partial charge in [0, 0.05) is 30.6 Å². The van der Waals surface area contributed by atoms with E-state index in [0.29, 0.717) is 11.6 Å². The number of rotatable bonds is 5. The number of amides is 1. The molecule has 0 aliphatic carbocycles. The molecule has 0 bridgehead atoms. The molecule has 1 aromatic carbocycles. The van der Waals surface area contributed by atoms with E-state index in [0.717, 1.165) is 24.5 Å². The molecular formula is C16H24ClN3O. The Bertz CT molecular complexity index is 486. The fourth-order valence-electron chi connectivity index (χ4n) is 2.67. The fourth-order valence-corrected chi connectivity index (χ4v) is 2.85. The number of carbonyl (C=O) groups is 1. The molecule has 5 heteroatoms. The third kappa shape index (κ3) is 4.35. The number of hydrogen-bond acceptors (Lipinski definition) is 3. The Balaban J connectivity index is 2.16. The van der Waals surface area contributed by atoms with Crippen molar-refractivity contribution in [3.05, 3.63) is 23.2 Å². The third-order valence-corrected chi connectivity index (χ3v) is 4.11. The van der Waals surface area contributed by atoms with Crippen LogP contribution in [0.3, 0.4) is 0 Å². The first kappa shape index (κ1) is 16.1. The Morgan fingerprint density at radius 1 is 1.33 bits per heavy atom. The lowest BCUT2D eigenvalue weighted by atomic mass is 10.1. The molecule has 1 aliphatic heterocycles. The van der Waals surface area contributed by atoms with Gasteiger partial charge in [0.25, 0.3) is 0 Å². The monoisotopic (exact) mass is 309 g/mol. The minimum Gasteiger partial charge on any atom is -0.370 e. The molecule has 4 nitrogen and oxygen atoms in total. The van der Waals surface area contributed by atoms with Crippen LogP contribution in [0.1, 0.15) is 26.2 Å². The molecule has 1 unspecified atom stereocenters. The molecule has 1 aromatic rings. The molecule has 116 valence electrons. The molecule has 0 radical (unpaired) electrons. The van der Waals surface area contributed by atoms with Crippen LogP contribution in [0.5, 0.6) is 0 Å².